The Hall–Kier alpha value is 0.230. The van der Waals surface area contributed by atoms with Gasteiger partial charge in [-0.1, -0.05) is 13.8 Å². The molecule has 0 unspecified atom stereocenters. The molecule has 0 spiro atoms. The van der Waals surface area contributed by atoms with E-state index in [9.17, 15) is 5.11 Å². The summed E-state index contributed by atoms with van der Waals surface area (Å²) in [6.07, 6.45) is 2.92. The molecule has 16 heavy (non-hydrogen) atoms. The van der Waals surface area contributed by atoms with Crippen LogP contribution in [0, 0.1) is 5.41 Å². The van der Waals surface area contributed by atoms with Gasteiger partial charge in [-0.3, -0.25) is 0 Å². The molecule has 0 aliphatic heterocycles. The van der Waals surface area contributed by atoms with Crippen LogP contribution in [0.2, 0.25) is 0 Å². The maximum absolute atomic E-state index is 9.38. The second-order valence-corrected chi connectivity index (χ2v) is 5.46. The van der Waals surface area contributed by atoms with Gasteiger partial charge in [0.2, 0.25) is 0 Å². The minimum absolute atomic E-state index is 0.0652. The SMILES string of the molecule is CCC(CC)(CO)CNCCSCCCO. The molecule has 0 saturated carbocycles. The molecule has 0 aromatic carbocycles. The zero-order chi connectivity index (χ0) is 12.3. The zero-order valence-electron chi connectivity index (χ0n) is 10.7. The monoisotopic (exact) mass is 249 g/mol. The van der Waals surface area contributed by atoms with Gasteiger partial charge in [0.05, 0.1) is 0 Å². The van der Waals surface area contributed by atoms with Gasteiger partial charge in [0, 0.05) is 37.5 Å². The summed E-state index contributed by atoms with van der Waals surface area (Å²) in [5.74, 6) is 2.11. The minimum Gasteiger partial charge on any atom is -0.396 e. The van der Waals surface area contributed by atoms with Gasteiger partial charge >= 0.3 is 0 Å². The lowest BCUT2D eigenvalue weighted by molar-refractivity contribution is 0.114. The van der Waals surface area contributed by atoms with Crippen LogP contribution in [0.3, 0.4) is 0 Å². The molecule has 0 rings (SSSR count). The Bertz CT molecular complexity index is 144. The molecule has 0 aromatic heterocycles. The highest BCUT2D eigenvalue weighted by molar-refractivity contribution is 7.99. The summed E-state index contributed by atoms with van der Waals surface area (Å²) >= 11 is 1.87. The Balaban J connectivity index is 3.48. The predicted octanol–water partition coefficient (Wildman–Crippen LogP) is 1.49. The summed E-state index contributed by atoms with van der Waals surface area (Å²) in [6.45, 7) is 6.72. The third-order valence-corrected chi connectivity index (χ3v) is 4.28. The van der Waals surface area contributed by atoms with Gasteiger partial charge in [-0.15, -0.1) is 0 Å². The van der Waals surface area contributed by atoms with E-state index in [-0.39, 0.29) is 12.0 Å². The number of nitrogens with one attached hydrogen (secondary N) is 1. The van der Waals surface area contributed by atoms with Crippen molar-refractivity contribution in [2.24, 2.45) is 5.41 Å². The Morgan fingerprint density at radius 2 is 1.81 bits per heavy atom. The fraction of sp³-hybridized carbons (Fsp3) is 1.00. The second kappa shape index (κ2) is 10.4. The maximum atomic E-state index is 9.38. The van der Waals surface area contributed by atoms with Crippen molar-refractivity contribution in [3.8, 4) is 0 Å². The zero-order valence-corrected chi connectivity index (χ0v) is 11.5. The van der Waals surface area contributed by atoms with Gasteiger partial charge in [-0.05, 0) is 25.0 Å². The van der Waals surface area contributed by atoms with Crippen molar-refractivity contribution in [1.29, 1.82) is 0 Å². The normalized spacial score (nSPS) is 12.0. The number of thioether (sulfide) groups is 1. The summed E-state index contributed by atoms with van der Waals surface area (Å²) in [6, 6.07) is 0. The molecule has 0 aliphatic rings. The quantitative estimate of drug-likeness (QED) is 0.486. The van der Waals surface area contributed by atoms with E-state index in [1.165, 1.54) is 0 Å². The van der Waals surface area contributed by atoms with Crippen molar-refractivity contribution < 1.29 is 10.2 Å². The van der Waals surface area contributed by atoms with Gasteiger partial charge < -0.3 is 15.5 Å². The van der Waals surface area contributed by atoms with Gasteiger partial charge in [0.1, 0.15) is 0 Å². The van der Waals surface area contributed by atoms with E-state index in [4.69, 9.17) is 5.11 Å². The van der Waals surface area contributed by atoms with E-state index >= 15 is 0 Å². The largest absolute Gasteiger partial charge is 0.396 e. The Kier molecular flexibility index (Phi) is 10.5. The molecule has 0 atom stereocenters. The average Bonchev–Trinajstić information content (AvgIpc) is 2.34. The summed E-state index contributed by atoms with van der Waals surface area (Å²) in [7, 11) is 0. The molecule has 0 aliphatic carbocycles. The highest BCUT2D eigenvalue weighted by Gasteiger charge is 2.24. The Morgan fingerprint density at radius 3 is 2.31 bits per heavy atom. The lowest BCUT2D eigenvalue weighted by atomic mass is 9.83. The molecule has 98 valence electrons. The third kappa shape index (κ3) is 6.74. The first-order chi connectivity index (χ1) is 7.74. The molecule has 3 nitrogen and oxygen atoms in total. The molecular weight excluding hydrogens is 222 g/mol. The molecule has 0 aromatic rings. The molecule has 0 fully saturated rings. The smallest absolute Gasteiger partial charge is 0.0499 e. The molecule has 0 heterocycles. The first-order valence-electron chi connectivity index (χ1n) is 6.25. The second-order valence-electron chi connectivity index (χ2n) is 4.23. The van der Waals surface area contributed by atoms with Crippen LogP contribution in [-0.2, 0) is 0 Å². The van der Waals surface area contributed by atoms with Crippen molar-refractivity contribution in [3.63, 3.8) is 0 Å². The van der Waals surface area contributed by atoms with Crippen molar-refractivity contribution in [2.75, 3.05) is 37.8 Å². The third-order valence-electron chi connectivity index (χ3n) is 3.21. The summed E-state index contributed by atoms with van der Waals surface area (Å²) < 4.78 is 0. The standard InChI is InChI=1S/C12H27NO2S/c1-3-12(4-2,11-15)10-13-6-9-16-8-5-7-14/h13-15H,3-11H2,1-2H3. The topological polar surface area (TPSA) is 52.5 Å². The van der Waals surface area contributed by atoms with Crippen molar-refractivity contribution in [3.05, 3.63) is 0 Å². The van der Waals surface area contributed by atoms with Gasteiger partial charge in [-0.25, -0.2) is 0 Å². The van der Waals surface area contributed by atoms with Crippen LogP contribution in [0.25, 0.3) is 0 Å². The summed E-state index contributed by atoms with van der Waals surface area (Å²) in [4.78, 5) is 0. The van der Waals surface area contributed by atoms with Gasteiger partial charge in [-0.2, -0.15) is 11.8 Å². The number of aliphatic hydroxyl groups excluding tert-OH is 2. The van der Waals surface area contributed by atoms with Crippen molar-refractivity contribution in [1.82, 2.24) is 5.32 Å². The molecule has 3 N–H and O–H groups in total. The van der Waals surface area contributed by atoms with E-state index in [2.05, 4.69) is 19.2 Å². The number of hydrogen-bond donors (Lipinski definition) is 3. The van der Waals surface area contributed by atoms with Crippen LogP contribution in [0.5, 0.6) is 0 Å². The minimum atomic E-state index is 0.0652. The molecule has 0 bridgehead atoms. The van der Waals surface area contributed by atoms with Gasteiger partial charge in [0.15, 0.2) is 0 Å². The molecule has 0 amide bonds. The highest BCUT2D eigenvalue weighted by Crippen LogP contribution is 2.24. The average molecular weight is 249 g/mol. The van der Waals surface area contributed by atoms with Gasteiger partial charge in [0.25, 0.3) is 0 Å². The van der Waals surface area contributed by atoms with Crippen LogP contribution in [0.4, 0.5) is 0 Å². The Morgan fingerprint density at radius 1 is 1.12 bits per heavy atom. The number of hydrogen-bond acceptors (Lipinski definition) is 4. The first kappa shape index (κ1) is 16.2. The van der Waals surface area contributed by atoms with Crippen molar-refractivity contribution in [2.45, 2.75) is 33.1 Å². The summed E-state index contributed by atoms with van der Waals surface area (Å²) in [5.41, 5.74) is 0.0652. The van der Waals surface area contributed by atoms with Crippen LogP contribution < -0.4 is 5.32 Å². The van der Waals surface area contributed by atoms with Crippen LogP contribution in [-0.4, -0.2) is 48.0 Å². The fourth-order valence-electron chi connectivity index (χ4n) is 1.55. The van der Waals surface area contributed by atoms with E-state index in [1.807, 2.05) is 11.8 Å². The summed E-state index contributed by atoms with van der Waals surface area (Å²) in [5, 5.41) is 21.4. The molecular formula is C12H27NO2S. The van der Waals surface area contributed by atoms with Crippen molar-refractivity contribution >= 4 is 11.8 Å². The Labute approximate surface area is 104 Å². The van der Waals surface area contributed by atoms with E-state index in [0.717, 1.165) is 43.9 Å². The van der Waals surface area contributed by atoms with Crippen LogP contribution in [0.1, 0.15) is 33.1 Å². The van der Waals surface area contributed by atoms with E-state index < -0.39 is 0 Å². The van der Waals surface area contributed by atoms with Crippen LogP contribution >= 0.6 is 11.8 Å². The van der Waals surface area contributed by atoms with Crippen LogP contribution in [0.15, 0.2) is 0 Å². The lowest BCUT2D eigenvalue weighted by Crippen LogP contribution is -2.37. The highest BCUT2D eigenvalue weighted by atomic mass is 32.2. The van der Waals surface area contributed by atoms with E-state index in [1.54, 1.807) is 0 Å². The predicted molar refractivity (Wildman–Crippen MR) is 72.0 cm³/mol. The molecule has 0 saturated heterocycles. The molecule has 0 radical (unpaired) electrons. The van der Waals surface area contributed by atoms with E-state index in [0.29, 0.717) is 6.61 Å². The lowest BCUT2D eigenvalue weighted by Gasteiger charge is -2.29. The first-order valence-corrected chi connectivity index (χ1v) is 7.40. The number of aliphatic hydroxyl groups is 2. The fourth-order valence-corrected chi connectivity index (χ4v) is 2.37. The number of rotatable bonds is 11. The molecule has 4 heteroatoms. The maximum Gasteiger partial charge on any atom is 0.0499 e.